The topological polar surface area (TPSA) is 37.3 Å². The second kappa shape index (κ2) is 3.81. The van der Waals surface area contributed by atoms with Crippen molar-refractivity contribution in [3.63, 3.8) is 0 Å². The van der Waals surface area contributed by atoms with Gasteiger partial charge in [0, 0.05) is 25.5 Å². The number of aldehydes is 1. The molecule has 0 aliphatic rings. The predicted molar refractivity (Wildman–Crippen MR) is 60.8 cm³/mol. The zero-order valence-corrected chi connectivity index (χ0v) is 9.56. The summed E-state index contributed by atoms with van der Waals surface area (Å²) >= 11 is 4.91. The largest absolute Gasteiger partial charge is 0.392 e. The molecule has 0 amide bonds. The van der Waals surface area contributed by atoms with Gasteiger partial charge in [-0.2, -0.15) is 0 Å². The van der Waals surface area contributed by atoms with Crippen LogP contribution in [0.2, 0.25) is 0 Å². The van der Waals surface area contributed by atoms with E-state index in [1.54, 1.807) is 6.07 Å². The fourth-order valence-corrected chi connectivity index (χ4v) is 3.10. The van der Waals surface area contributed by atoms with Crippen molar-refractivity contribution in [2.75, 3.05) is 0 Å². The van der Waals surface area contributed by atoms with Gasteiger partial charge in [0.1, 0.15) is 0 Å². The molecule has 1 aromatic heterocycles. The molecule has 0 unspecified atom stereocenters. The lowest BCUT2D eigenvalue weighted by Gasteiger charge is -2.01. The summed E-state index contributed by atoms with van der Waals surface area (Å²) in [6, 6.07) is 3.69. The van der Waals surface area contributed by atoms with Crippen LogP contribution in [0.4, 0.5) is 0 Å². The maximum atomic E-state index is 10.9. The molecule has 0 bridgehead atoms. The van der Waals surface area contributed by atoms with E-state index in [1.807, 2.05) is 11.4 Å². The van der Waals surface area contributed by atoms with Gasteiger partial charge in [0.15, 0.2) is 6.29 Å². The maximum absolute atomic E-state index is 10.9. The molecule has 2 rings (SSSR count). The average Bonchev–Trinajstić information content (AvgIpc) is 2.59. The Kier molecular flexibility index (Phi) is 2.67. The minimum Gasteiger partial charge on any atom is -0.392 e. The summed E-state index contributed by atoms with van der Waals surface area (Å²) in [6.07, 6.45) is 0.802. The molecule has 0 atom stereocenters. The van der Waals surface area contributed by atoms with Crippen LogP contribution in [0.3, 0.4) is 0 Å². The van der Waals surface area contributed by atoms with Gasteiger partial charge in [-0.1, -0.05) is 12.1 Å². The highest BCUT2D eigenvalue weighted by Crippen LogP contribution is 2.33. The van der Waals surface area contributed by atoms with E-state index in [0.29, 0.717) is 11.1 Å². The monoisotopic (exact) mass is 270 g/mol. The van der Waals surface area contributed by atoms with Crippen LogP contribution in [0, 0.1) is 0 Å². The Bertz CT molecular complexity index is 490. The van der Waals surface area contributed by atoms with E-state index in [0.717, 1.165) is 20.8 Å². The first-order valence-electron chi connectivity index (χ1n) is 4.02. The predicted octanol–water partition coefficient (Wildman–Crippen LogP) is 2.97. The summed E-state index contributed by atoms with van der Waals surface area (Å²) in [6.45, 7) is -0.0977. The van der Waals surface area contributed by atoms with Crippen LogP contribution < -0.4 is 0 Å². The molecule has 2 nitrogen and oxygen atoms in total. The molecule has 0 spiro atoms. The number of aliphatic hydroxyl groups is 1. The third kappa shape index (κ3) is 1.39. The summed E-state index contributed by atoms with van der Waals surface area (Å²) < 4.78 is 1.92. The van der Waals surface area contributed by atoms with Crippen LogP contribution in [0.5, 0.6) is 0 Å². The fourth-order valence-electron chi connectivity index (χ4n) is 1.40. The van der Waals surface area contributed by atoms with Gasteiger partial charge < -0.3 is 5.11 Å². The maximum Gasteiger partial charge on any atom is 0.151 e. The number of hydrogen-bond acceptors (Lipinski definition) is 3. The molecule has 2 aromatic rings. The third-order valence-electron chi connectivity index (χ3n) is 2.11. The van der Waals surface area contributed by atoms with Gasteiger partial charge in [0.2, 0.25) is 0 Å². The van der Waals surface area contributed by atoms with E-state index in [9.17, 15) is 4.79 Å². The lowest BCUT2D eigenvalue weighted by atomic mass is 10.1. The number of hydrogen-bond donors (Lipinski definition) is 1. The first-order valence-corrected chi connectivity index (χ1v) is 5.69. The number of halogens is 1. The first-order chi connectivity index (χ1) is 6.77. The Hall–Kier alpha value is -0.710. The molecule has 0 radical (unpaired) electrons. The van der Waals surface area contributed by atoms with Crippen LogP contribution >= 0.6 is 27.3 Å². The summed E-state index contributed by atoms with van der Waals surface area (Å²) in [5, 5.41) is 12.0. The van der Waals surface area contributed by atoms with Gasteiger partial charge in [0.05, 0.1) is 6.61 Å². The Morgan fingerprint density at radius 1 is 1.50 bits per heavy atom. The Balaban J connectivity index is 2.84. The summed E-state index contributed by atoms with van der Waals surface area (Å²) in [5.74, 6) is 0. The van der Waals surface area contributed by atoms with Crippen molar-refractivity contribution in [2.24, 2.45) is 0 Å². The zero-order chi connectivity index (χ0) is 10.1. The lowest BCUT2D eigenvalue weighted by Crippen LogP contribution is -1.91. The lowest BCUT2D eigenvalue weighted by molar-refractivity contribution is 0.112. The van der Waals surface area contributed by atoms with Crippen molar-refractivity contribution in [1.82, 2.24) is 0 Å². The van der Waals surface area contributed by atoms with Crippen LogP contribution in [0.15, 0.2) is 22.0 Å². The van der Waals surface area contributed by atoms with E-state index < -0.39 is 0 Å². The highest BCUT2D eigenvalue weighted by atomic mass is 79.9. The third-order valence-corrected chi connectivity index (χ3v) is 4.10. The number of fused-ring (bicyclic) bond motifs is 1. The molecular formula is C10H7BrO2S. The van der Waals surface area contributed by atoms with Crippen molar-refractivity contribution in [3.8, 4) is 0 Å². The van der Waals surface area contributed by atoms with Gasteiger partial charge in [-0.15, -0.1) is 11.3 Å². The molecule has 72 valence electrons. The number of carbonyl (C=O) groups is 1. The van der Waals surface area contributed by atoms with Crippen LogP contribution in [0.1, 0.15) is 15.9 Å². The van der Waals surface area contributed by atoms with Crippen molar-refractivity contribution >= 4 is 43.6 Å². The van der Waals surface area contributed by atoms with E-state index in [4.69, 9.17) is 5.11 Å². The molecule has 0 aliphatic heterocycles. The average molecular weight is 271 g/mol. The Morgan fingerprint density at radius 3 is 2.93 bits per heavy atom. The summed E-state index contributed by atoms with van der Waals surface area (Å²) in [4.78, 5) is 10.9. The summed E-state index contributed by atoms with van der Waals surface area (Å²) in [7, 11) is 0. The minimum atomic E-state index is -0.0977. The SMILES string of the molecule is O=Cc1c(CO)ccc2c(Br)csc12. The molecular weight excluding hydrogens is 264 g/mol. The smallest absolute Gasteiger partial charge is 0.151 e. The van der Waals surface area contributed by atoms with Crippen molar-refractivity contribution < 1.29 is 9.90 Å². The molecule has 1 aromatic carbocycles. The van der Waals surface area contributed by atoms with E-state index in [2.05, 4.69) is 15.9 Å². The van der Waals surface area contributed by atoms with Crippen molar-refractivity contribution in [2.45, 2.75) is 6.61 Å². The fraction of sp³-hybridized carbons (Fsp3) is 0.100. The van der Waals surface area contributed by atoms with Gasteiger partial charge in [-0.25, -0.2) is 0 Å². The van der Waals surface area contributed by atoms with Crippen LogP contribution in [0.25, 0.3) is 10.1 Å². The van der Waals surface area contributed by atoms with Gasteiger partial charge in [-0.05, 0) is 21.5 Å². The zero-order valence-electron chi connectivity index (χ0n) is 7.16. The number of carbonyl (C=O) groups excluding carboxylic acids is 1. The van der Waals surface area contributed by atoms with Crippen LogP contribution in [-0.4, -0.2) is 11.4 Å². The minimum absolute atomic E-state index is 0.0977. The highest BCUT2D eigenvalue weighted by Gasteiger charge is 2.09. The second-order valence-electron chi connectivity index (χ2n) is 2.87. The number of rotatable bonds is 2. The van der Waals surface area contributed by atoms with Gasteiger partial charge in [-0.3, -0.25) is 4.79 Å². The molecule has 0 aliphatic carbocycles. The number of thiophene rings is 1. The highest BCUT2D eigenvalue weighted by molar-refractivity contribution is 9.10. The van der Waals surface area contributed by atoms with Gasteiger partial charge in [0.25, 0.3) is 0 Å². The standard InChI is InChI=1S/C10H7BrO2S/c11-9-5-14-10-7(9)2-1-6(3-12)8(10)4-13/h1-2,4-5,12H,3H2. The van der Waals surface area contributed by atoms with Gasteiger partial charge >= 0.3 is 0 Å². The molecule has 1 heterocycles. The quantitative estimate of drug-likeness (QED) is 0.852. The van der Waals surface area contributed by atoms with Crippen LogP contribution in [-0.2, 0) is 6.61 Å². The van der Waals surface area contributed by atoms with E-state index in [1.165, 1.54) is 11.3 Å². The second-order valence-corrected chi connectivity index (χ2v) is 4.61. The molecule has 0 saturated carbocycles. The Labute approximate surface area is 93.3 Å². The number of benzene rings is 1. The molecule has 1 N–H and O–H groups in total. The first kappa shape index (κ1) is 9.83. The molecule has 4 heteroatoms. The molecule has 14 heavy (non-hydrogen) atoms. The number of aliphatic hydroxyl groups excluding tert-OH is 1. The van der Waals surface area contributed by atoms with E-state index in [-0.39, 0.29) is 6.61 Å². The van der Waals surface area contributed by atoms with Crippen molar-refractivity contribution in [3.05, 3.63) is 33.1 Å². The Morgan fingerprint density at radius 2 is 2.29 bits per heavy atom. The van der Waals surface area contributed by atoms with Crippen molar-refractivity contribution in [1.29, 1.82) is 0 Å². The normalized spacial score (nSPS) is 10.7. The molecule has 0 saturated heterocycles. The summed E-state index contributed by atoms with van der Waals surface area (Å²) in [5.41, 5.74) is 1.28. The van der Waals surface area contributed by atoms with E-state index >= 15 is 0 Å². The molecule has 0 fully saturated rings.